The highest BCUT2D eigenvalue weighted by Gasteiger charge is 2.53. The van der Waals surface area contributed by atoms with Gasteiger partial charge in [-0.05, 0) is 42.8 Å². The molecule has 0 fully saturated rings. The summed E-state index contributed by atoms with van der Waals surface area (Å²) in [5.74, 6) is 0.391. The Morgan fingerprint density at radius 3 is 2.17 bits per heavy atom. The van der Waals surface area contributed by atoms with Crippen molar-refractivity contribution in [3.8, 4) is 23.0 Å². The number of unbranched alkanes of at least 4 members (excludes halogenated alkanes) is 1. The van der Waals surface area contributed by atoms with E-state index in [4.69, 9.17) is 9.47 Å². The highest BCUT2D eigenvalue weighted by atomic mass is 16.6. The molecule has 0 radical (unpaired) electrons. The summed E-state index contributed by atoms with van der Waals surface area (Å²) in [5, 5.41) is 23.3. The molecule has 6 nitrogen and oxygen atoms in total. The lowest BCUT2D eigenvalue weighted by molar-refractivity contribution is 0.0224. The predicted octanol–water partition coefficient (Wildman–Crippen LogP) is 4.88. The number of hydrogen-bond donors (Lipinski definition) is 3. The van der Waals surface area contributed by atoms with Crippen molar-refractivity contribution in [1.29, 1.82) is 0 Å². The SMILES string of the molecule is CCCCNc1ccc2c(c1)C(=O)OC21c2ccc(O)cc2Oc2cc(O)ccc21. The van der Waals surface area contributed by atoms with Crippen LogP contribution in [0.25, 0.3) is 0 Å². The van der Waals surface area contributed by atoms with Gasteiger partial charge in [0.2, 0.25) is 0 Å². The molecule has 0 aliphatic carbocycles. The van der Waals surface area contributed by atoms with Crippen LogP contribution in [0.2, 0.25) is 0 Å². The standard InChI is InChI=1S/C24H21NO5/c1-2-3-10-25-14-4-7-18-17(11-14)23(28)30-24(18)19-8-5-15(26)12-21(19)29-22-13-16(27)6-9-20(22)24/h4-9,11-13,25-27H,2-3,10H2,1H3. The summed E-state index contributed by atoms with van der Waals surface area (Å²) in [4.78, 5) is 13.0. The van der Waals surface area contributed by atoms with Gasteiger partial charge in [0.25, 0.3) is 0 Å². The van der Waals surface area contributed by atoms with Crippen LogP contribution in [0.1, 0.15) is 46.8 Å². The van der Waals surface area contributed by atoms with Crippen LogP contribution in [0.4, 0.5) is 5.69 Å². The summed E-state index contributed by atoms with van der Waals surface area (Å²) in [5.41, 5.74) is 2.08. The van der Waals surface area contributed by atoms with Crippen LogP contribution in [0.3, 0.4) is 0 Å². The van der Waals surface area contributed by atoms with Gasteiger partial charge in [0.05, 0.1) is 5.56 Å². The van der Waals surface area contributed by atoms with Crippen molar-refractivity contribution in [3.63, 3.8) is 0 Å². The van der Waals surface area contributed by atoms with Gasteiger partial charge in [-0.25, -0.2) is 4.79 Å². The first kappa shape index (κ1) is 18.4. The molecule has 2 aliphatic rings. The van der Waals surface area contributed by atoms with Crippen LogP contribution in [0, 0.1) is 0 Å². The Labute approximate surface area is 173 Å². The fourth-order valence-electron chi connectivity index (χ4n) is 4.22. The number of hydrogen-bond acceptors (Lipinski definition) is 6. The fourth-order valence-corrected chi connectivity index (χ4v) is 4.22. The average Bonchev–Trinajstić information content (AvgIpc) is 3.00. The zero-order valence-corrected chi connectivity index (χ0v) is 16.4. The third-order valence-electron chi connectivity index (χ3n) is 5.63. The molecule has 0 atom stereocenters. The first-order valence-corrected chi connectivity index (χ1v) is 9.99. The van der Waals surface area contributed by atoms with Gasteiger partial charge < -0.3 is 25.0 Å². The number of carbonyl (C=O) groups is 1. The van der Waals surface area contributed by atoms with Crippen molar-refractivity contribution in [2.24, 2.45) is 0 Å². The summed E-state index contributed by atoms with van der Waals surface area (Å²) >= 11 is 0. The van der Waals surface area contributed by atoms with Crippen molar-refractivity contribution < 1.29 is 24.5 Å². The second kappa shape index (κ2) is 6.69. The van der Waals surface area contributed by atoms with Crippen molar-refractivity contribution in [2.45, 2.75) is 25.4 Å². The Morgan fingerprint density at radius 2 is 1.53 bits per heavy atom. The average molecular weight is 403 g/mol. The third-order valence-corrected chi connectivity index (χ3v) is 5.63. The molecule has 152 valence electrons. The number of anilines is 1. The van der Waals surface area contributed by atoms with E-state index in [2.05, 4.69) is 12.2 Å². The van der Waals surface area contributed by atoms with Gasteiger partial charge in [-0.1, -0.05) is 19.4 Å². The maximum absolute atomic E-state index is 13.0. The van der Waals surface area contributed by atoms with Gasteiger partial charge in [0.1, 0.15) is 23.0 Å². The van der Waals surface area contributed by atoms with Crippen LogP contribution in [-0.4, -0.2) is 22.7 Å². The predicted molar refractivity (Wildman–Crippen MR) is 111 cm³/mol. The summed E-state index contributed by atoms with van der Waals surface area (Å²) in [6, 6.07) is 15.1. The van der Waals surface area contributed by atoms with E-state index in [1.54, 1.807) is 24.3 Å². The minimum Gasteiger partial charge on any atom is -0.508 e. The van der Waals surface area contributed by atoms with Gasteiger partial charge in [-0.3, -0.25) is 0 Å². The first-order chi connectivity index (χ1) is 14.5. The van der Waals surface area contributed by atoms with E-state index in [0.29, 0.717) is 33.8 Å². The van der Waals surface area contributed by atoms with Gasteiger partial charge in [-0.2, -0.15) is 0 Å². The van der Waals surface area contributed by atoms with E-state index in [1.165, 1.54) is 12.1 Å². The second-order valence-electron chi connectivity index (χ2n) is 7.57. The van der Waals surface area contributed by atoms with Crippen molar-refractivity contribution in [1.82, 2.24) is 0 Å². The highest BCUT2D eigenvalue weighted by Crippen LogP contribution is 2.57. The summed E-state index contributed by atoms with van der Waals surface area (Å²) in [6.07, 6.45) is 2.12. The molecular weight excluding hydrogens is 382 g/mol. The number of benzene rings is 3. The van der Waals surface area contributed by atoms with Crippen LogP contribution in [-0.2, 0) is 10.3 Å². The minimum atomic E-state index is -1.21. The molecule has 0 aromatic heterocycles. The van der Waals surface area contributed by atoms with Crippen molar-refractivity contribution in [3.05, 3.63) is 76.9 Å². The Balaban J connectivity index is 1.71. The zero-order chi connectivity index (χ0) is 20.9. The fraction of sp³-hybridized carbons (Fsp3) is 0.208. The number of fused-ring (bicyclic) bond motifs is 6. The summed E-state index contributed by atoms with van der Waals surface area (Å²) in [7, 11) is 0. The summed E-state index contributed by atoms with van der Waals surface area (Å²) < 4.78 is 12.0. The molecule has 0 bridgehead atoms. The topological polar surface area (TPSA) is 88.0 Å². The second-order valence-corrected chi connectivity index (χ2v) is 7.57. The molecule has 5 rings (SSSR count). The van der Waals surface area contributed by atoms with E-state index in [9.17, 15) is 15.0 Å². The van der Waals surface area contributed by atoms with Crippen molar-refractivity contribution >= 4 is 11.7 Å². The number of carbonyl (C=O) groups excluding carboxylic acids is 1. The number of esters is 1. The Morgan fingerprint density at radius 1 is 0.900 bits per heavy atom. The number of ether oxygens (including phenoxy) is 2. The normalized spacial score (nSPS) is 15.0. The molecule has 0 amide bonds. The van der Waals surface area contributed by atoms with E-state index >= 15 is 0 Å². The molecule has 1 spiro atoms. The van der Waals surface area contributed by atoms with Crippen molar-refractivity contribution in [2.75, 3.05) is 11.9 Å². The van der Waals surface area contributed by atoms with Gasteiger partial charge in [0, 0.05) is 41.1 Å². The lowest BCUT2D eigenvalue weighted by Gasteiger charge is -2.36. The van der Waals surface area contributed by atoms with Gasteiger partial charge in [-0.15, -0.1) is 0 Å². The van der Waals surface area contributed by atoms with Gasteiger partial charge in [0.15, 0.2) is 5.60 Å². The Kier molecular flexibility index (Phi) is 4.10. The highest BCUT2D eigenvalue weighted by molar-refractivity contribution is 5.98. The lowest BCUT2D eigenvalue weighted by Crippen LogP contribution is -2.32. The number of aromatic hydroxyl groups is 2. The third kappa shape index (κ3) is 2.60. The molecule has 3 aromatic rings. The van der Waals surface area contributed by atoms with Crippen LogP contribution in [0.15, 0.2) is 54.6 Å². The largest absolute Gasteiger partial charge is 0.508 e. The maximum Gasteiger partial charge on any atom is 0.340 e. The Bertz CT molecular complexity index is 1120. The number of phenols is 2. The van der Waals surface area contributed by atoms with E-state index in [-0.39, 0.29) is 11.5 Å². The van der Waals surface area contributed by atoms with E-state index in [0.717, 1.165) is 25.1 Å². The molecule has 30 heavy (non-hydrogen) atoms. The molecule has 3 N–H and O–H groups in total. The maximum atomic E-state index is 13.0. The van der Waals surface area contributed by atoms with Crippen LogP contribution < -0.4 is 10.1 Å². The van der Waals surface area contributed by atoms with E-state index in [1.807, 2.05) is 18.2 Å². The number of rotatable bonds is 4. The smallest absolute Gasteiger partial charge is 0.340 e. The van der Waals surface area contributed by atoms with Gasteiger partial charge >= 0.3 is 5.97 Å². The van der Waals surface area contributed by atoms with E-state index < -0.39 is 11.6 Å². The lowest BCUT2D eigenvalue weighted by atomic mass is 9.77. The molecule has 3 aromatic carbocycles. The first-order valence-electron chi connectivity index (χ1n) is 9.99. The Hall–Kier alpha value is -3.67. The van der Waals surface area contributed by atoms with Crippen LogP contribution in [0.5, 0.6) is 23.0 Å². The van der Waals surface area contributed by atoms with Crippen LogP contribution >= 0.6 is 0 Å². The molecular formula is C24H21NO5. The zero-order valence-electron chi connectivity index (χ0n) is 16.4. The number of nitrogens with one attached hydrogen (secondary N) is 1. The monoisotopic (exact) mass is 403 g/mol. The molecule has 2 aliphatic heterocycles. The minimum absolute atomic E-state index is 0.0347. The molecule has 0 saturated heterocycles. The molecule has 0 unspecified atom stereocenters. The quantitative estimate of drug-likeness (QED) is 0.425. The number of phenolic OH excluding ortho intramolecular Hbond substituents is 2. The molecule has 2 heterocycles. The summed E-state index contributed by atoms with van der Waals surface area (Å²) in [6.45, 7) is 2.95. The molecule has 0 saturated carbocycles. The molecule has 6 heteroatoms.